The van der Waals surface area contributed by atoms with Gasteiger partial charge in [-0.3, -0.25) is 4.98 Å². The summed E-state index contributed by atoms with van der Waals surface area (Å²) in [5.74, 6) is 0. The lowest BCUT2D eigenvalue weighted by Gasteiger charge is -2.19. The number of pyridine rings is 1. The molecule has 0 bridgehead atoms. The Hall–Kier alpha value is -1.46. The molecule has 0 aliphatic carbocycles. The van der Waals surface area contributed by atoms with Crippen molar-refractivity contribution in [1.82, 2.24) is 15.0 Å². The highest BCUT2D eigenvalue weighted by molar-refractivity contribution is 7.99. The van der Waals surface area contributed by atoms with Crippen LogP contribution < -0.4 is 5.73 Å². The predicted octanol–water partition coefficient (Wildman–Crippen LogP) is 2.36. The summed E-state index contributed by atoms with van der Waals surface area (Å²) in [6, 6.07) is 5.84. The molecule has 2 atom stereocenters. The van der Waals surface area contributed by atoms with E-state index < -0.39 is 0 Å². The SMILES string of the molecule is Cc1ccnc(SC(c2cccnc2)C(C)N)n1. The highest BCUT2D eigenvalue weighted by atomic mass is 32.2. The van der Waals surface area contributed by atoms with E-state index in [0.717, 1.165) is 16.4 Å². The highest BCUT2D eigenvalue weighted by Crippen LogP contribution is 2.34. The van der Waals surface area contributed by atoms with Gasteiger partial charge in [-0.2, -0.15) is 0 Å². The molecule has 2 heterocycles. The van der Waals surface area contributed by atoms with E-state index in [1.807, 2.05) is 38.2 Å². The first-order chi connectivity index (χ1) is 8.66. The Kier molecular flexibility index (Phi) is 4.28. The van der Waals surface area contributed by atoms with Crippen LogP contribution >= 0.6 is 11.8 Å². The molecule has 0 aliphatic heterocycles. The Morgan fingerprint density at radius 2 is 2.11 bits per heavy atom. The van der Waals surface area contributed by atoms with Gasteiger partial charge < -0.3 is 5.73 Å². The normalized spacial score (nSPS) is 14.2. The molecule has 0 radical (unpaired) electrons. The van der Waals surface area contributed by atoms with Crippen molar-refractivity contribution in [3.8, 4) is 0 Å². The van der Waals surface area contributed by atoms with Crippen molar-refractivity contribution in [2.45, 2.75) is 30.3 Å². The molecule has 2 unspecified atom stereocenters. The first-order valence-corrected chi connectivity index (χ1v) is 6.66. The summed E-state index contributed by atoms with van der Waals surface area (Å²) in [6.45, 7) is 3.94. The summed E-state index contributed by atoms with van der Waals surface area (Å²) in [7, 11) is 0. The Balaban J connectivity index is 2.22. The molecule has 4 nitrogen and oxygen atoms in total. The molecule has 2 N–H and O–H groups in total. The largest absolute Gasteiger partial charge is 0.327 e. The molecular formula is C13H16N4S. The van der Waals surface area contributed by atoms with E-state index in [-0.39, 0.29) is 11.3 Å². The van der Waals surface area contributed by atoms with E-state index in [0.29, 0.717) is 0 Å². The number of rotatable bonds is 4. The van der Waals surface area contributed by atoms with Gasteiger partial charge in [0.15, 0.2) is 5.16 Å². The highest BCUT2D eigenvalue weighted by Gasteiger charge is 2.19. The van der Waals surface area contributed by atoms with Crippen LogP contribution in [0.3, 0.4) is 0 Å². The van der Waals surface area contributed by atoms with Crippen LogP contribution in [0.25, 0.3) is 0 Å². The monoisotopic (exact) mass is 260 g/mol. The van der Waals surface area contributed by atoms with Crippen molar-refractivity contribution in [3.63, 3.8) is 0 Å². The third-order valence-corrected chi connectivity index (χ3v) is 3.86. The predicted molar refractivity (Wildman–Crippen MR) is 73.3 cm³/mol. The van der Waals surface area contributed by atoms with Crippen LogP contribution in [-0.2, 0) is 0 Å². The zero-order valence-corrected chi connectivity index (χ0v) is 11.3. The summed E-state index contributed by atoms with van der Waals surface area (Å²) in [4.78, 5) is 12.8. The third-order valence-electron chi connectivity index (χ3n) is 2.50. The summed E-state index contributed by atoms with van der Waals surface area (Å²) < 4.78 is 0. The van der Waals surface area contributed by atoms with Gasteiger partial charge >= 0.3 is 0 Å². The van der Waals surface area contributed by atoms with E-state index in [1.54, 1.807) is 24.2 Å². The van der Waals surface area contributed by atoms with Crippen molar-refractivity contribution in [3.05, 3.63) is 48.0 Å². The molecule has 0 saturated heterocycles. The van der Waals surface area contributed by atoms with Gasteiger partial charge in [0.2, 0.25) is 0 Å². The average Bonchev–Trinajstić information content (AvgIpc) is 2.37. The minimum absolute atomic E-state index is 0.00307. The molecule has 0 aliphatic rings. The van der Waals surface area contributed by atoms with Crippen molar-refractivity contribution in [2.75, 3.05) is 0 Å². The van der Waals surface area contributed by atoms with Gasteiger partial charge in [0.05, 0.1) is 5.25 Å². The number of thioether (sulfide) groups is 1. The van der Waals surface area contributed by atoms with Crippen LogP contribution in [0.1, 0.15) is 23.4 Å². The van der Waals surface area contributed by atoms with Crippen LogP contribution in [-0.4, -0.2) is 21.0 Å². The van der Waals surface area contributed by atoms with Gasteiger partial charge in [0, 0.05) is 30.3 Å². The molecular weight excluding hydrogens is 244 g/mol. The molecule has 0 spiro atoms. The molecule has 94 valence electrons. The van der Waals surface area contributed by atoms with Crippen LogP contribution in [0.5, 0.6) is 0 Å². The molecule has 5 heteroatoms. The average molecular weight is 260 g/mol. The zero-order valence-electron chi connectivity index (χ0n) is 10.4. The smallest absolute Gasteiger partial charge is 0.188 e. The third kappa shape index (κ3) is 3.27. The van der Waals surface area contributed by atoms with E-state index in [4.69, 9.17) is 5.73 Å². The van der Waals surface area contributed by atoms with E-state index in [2.05, 4.69) is 15.0 Å². The minimum atomic E-state index is 0.00307. The van der Waals surface area contributed by atoms with E-state index in [1.165, 1.54) is 0 Å². The lowest BCUT2D eigenvalue weighted by atomic mass is 10.1. The van der Waals surface area contributed by atoms with Gasteiger partial charge in [-0.1, -0.05) is 17.8 Å². The molecule has 0 amide bonds. The second-order valence-electron chi connectivity index (χ2n) is 4.16. The van der Waals surface area contributed by atoms with Crippen molar-refractivity contribution < 1.29 is 0 Å². The Morgan fingerprint density at radius 1 is 1.28 bits per heavy atom. The maximum Gasteiger partial charge on any atom is 0.188 e. The van der Waals surface area contributed by atoms with Gasteiger partial charge in [-0.05, 0) is 31.5 Å². The lowest BCUT2D eigenvalue weighted by molar-refractivity contribution is 0.715. The number of nitrogens with zero attached hydrogens (tertiary/aromatic N) is 3. The fraction of sp³-hybridized carbons (Fsp3) is 0.308. The van der Waals surface area contributed by atoms with Gasteiger partial charge in [-0.15, -0.1) is 0 Å². The number of aryl methyl sites for hydroxylation is 1. The van der Waals surface area contributed by atoms with Crippen molar-refractivity contribution in [2.24, 2.45) is 5.73 Å². The number of hydrogen-bond donors (Lipinski definition) is 1. The lowest BCUT2D eigenvalue weighted by Crippen LogP contribution is -2.22. The molecule has 2 aromatic rings. The summed E-state index contributed by atoms with van der Waals surface area (Å²) in [5, 5.41) is 0.863. The molecule has 2 rings (SSSR count). The molecule has 0 saturated carbocycles. The Bertz CT molecular complexity index is 501. The quantitative estimate of drug-likeness (QED) is 0.675. The number of aromatic nitrogens is 3. The zero-order chi connectivity index (χ0) is 13.0. The van der Waals surface area contributed by atoms with Crippen molar-refractivity contribution in [1.29, 1.82) is 0 Å². The summed E-state index contributed by atoms with van der Waals surface area (Å²) >= 11 is 1.58. The van der Waals surface area contributed by atoms with Crippen molar-refractivity contribution >= 4 is 11.8 Å². The topological polar surface area (TPSA) is 64.7 Å². The van der Waals surface area contributed by atoms with Gasteiger partial charge in [0.25, 0.3) is 0 Å². The summed E-state index contributed by atoms with van der Waals surface area (Å²) in [5.41, 5.74) is 8.11. The second-order valence-corrected chi connectivity index (χ2v) is 5.27. The van der Waals surface area contributed by atoms with Crippen LogP contribution in [0, 0.1) is 6.92 Å². The Labute approximate surface area is 111 Å². The molecule has 0 aromatic carbocycles. The van der Waals surface area contributed by atoms with Crippen LogP contribution in [0.2, 0.25) is 0 Å². The first-order valence-electron chi connectivity index (χ1n) is 5.78. The maximum atomic E-state index is 6.05. The van der Waals surface area contributed by atoms with Crippen LogP contribution in [0.4, 0.5) is 0 Å². The molecule has 2 aromatic heterocycles. The van der Waals surface area contributed by atoms with Crippen LogP contribution in [0.15, 0.2) is 41.9 Å². The van der Waals surface area contributed by atoms with Gasteiger partial charge in [-0.25, -0.2) is 9.97 Å². The fourth-order valence-corrected chi connectivity index (χ4v) is 2.66. The minimum Gasteiger partial charge on any atom is -0.327 e. The maximum absolute atomic E-state index is 6.05. The number of hydrogen-bond acceptors (Lipinski definition) is 5. The van der Waals surface area contributed by atoms with E-state index in [9.17, 15) is 0 Å². The Morgan fingerprint density at radius 3 is 2.72 bits per heavy atom. The first kappa shape index (κ1) is 13.0. The van der Waals surface area contributed by atoms with Gasteiger partial charge in [0.1, 0.15) is 0 Å². The standard InChI is InChI=1S/C13H16N4S/c1-9-5-7-16-13(17-9)18-12(10(2)14)11-4-3-6-15-8-11/h3-8,10,12H,14H2,1-2H3. The fourth-order valence-electron chi connectivity index (χ4n) is 1.62. The second kappa shape index (κ2) is 5.93. The molecule has 18 heavy (non-hydrogen) atoms. The molecule has 0 fully saturated rings. The van der Waals surface area contributed by atoms with E-state index >= 15 is 0 Å². The summed E-state index contributed by atoms with van der Waals surface area (Å²) in [6.07, 6.45) is 5.37. The number of nitrogens with two attached hydrogens (primary N) is 1.